The maximum absolute atomic E-state index is 13.1. The average molecular weight is 258 g/mol. The summed E-state index contributed by atoms with van der Waals surface area (Å²) in [6, 6.07) is 8.35. The van der Waals surface area contributed by atoms with Crippen molar-refractivity contribution in [1.82, 2.24) is 10.2 Å². The van der Waals surface area contributed by atoms with Crippen LogP contribution in [-0.2, 0) is 6.54 Å². The summed E-state index contributed by atoms with van der Waals surface area (Å²) in [6.07, 6.45) is -2.88. The Morgan fingerprint density at radius 3 is 2.50 bits per heavy atom. The van der Waals surface area contributed by atoms with Crippen molar-refractivity contribution in [2.75, 3.05) is 13.1 Å². The standard InChI is InChI=1S/C13H17F3N2/c14-13(15,16)18(12-7-4-8-17-9-12)10-11-5-2-1-3-6-11/h1-3,5-6,12,17H,4,7-10H2. The van der Waals surface area contributed by atoms with Gasteiger partial charge in [0.15, 0.2) is 0 Å². The first kappa shape index (κ1) is 13.4. The quantitative estimate of drug-likeness (QED) is 0.839. The predicted molar refractivity (Wildman–Crippen MR) is 63.9 cm³/mol. The summed E-state index contributed by atoms with van der Waals surface area (Å²) in [5.74, 6) is 0. The number of piperidine rings is 1. The van der Waals surface area contributed by atoms with Gasteiger partial charge in [-0.25, -0.2) is 4.90 Å². The number of hydrogen-bond donors (Lipinski definition) is 1. The van der Waals surface area contributed by atoms with E-state index < -0.39 is 12.3 Å². The highest BCUT2D eigenvalue weighted by Gasteiger charge is 2.41. The van der Waals surface area contributed by atoms with Crippen molar-refractivity contribution >= 4 is 0 Å². The summed E-state index contributed by atoms with van der Waals surface area (Å²) in [5.41, 5.74) is 0.695. The van der Waals surface area contributed by atoms with E-state index in [2.05, 4.69) is 5.32 Å². The zero-order valence-electron chi connectivity index (χ0n) is 10.1. The number of halogens is 3. The van der Waals surface area contributed by atoms with Gasteiger partial charge >= 0.3 is 6.30 Å². The van der Waals surface area contributed by atoms with Gasteiger partial charge in [-0.1, -0.05) is 30.3 Å². The van der Waals surface area contributed by atoms with Crippen LogP contribution in [0.4, 0.5) is 13.2 Å². The molecule has 1 aromatic rings. The molecule has 1 heterocycles. The monoisotopic (exact) mass is 258 g/mol. The first-order valence-corrected chi connectivity index (χ1v) is 6.15. The van der Waals surface area contributed by atoms with Crippen molar-refractivity contribution in [2.45, 2.75) is 31.7 Å². The highest BCUT2D eigenvalue weighted by Crippen LogP contribution is 2.28. The van der Waals surface area contributed by atoms with Gasteiger partial charge in [0.1, 0.15) is 0 Å². The Morgan fingerprint density at radius 2 is 1.94 bits per heavy atom. The van der Waals surface area contributed by atoms with E-state index in [1.54, 1.807) is 24.3 Å². The summed E-state index contributed by atoms with van der Waals surface area (Å²) >= 11 is 0. The molecule has 0 aliphatic carbocycles. The van der Waals surface area contributed by atoms with Crippen molar-refractivity contribution in [3.63, 3.8) is 0 Å². The van der Waals surface area contributed by atoms with Gasteiger partial charge in [-0.05, 0) is 24.9 Å². The number of nitrogens with zero attached hydrogens (tertiary/aromatic N) is 1. The van der Waals surface area contributed by atoms with Crippen molar-refractivity contribution in [3.05, 3.63) is 35.9 Å². The zero-order chi connectivity index (χ0) is 13.0. The van der Waals surface area contributed by atoms with Crippen molar-refractivity contribution in [2.24, 2.45) is 0 Å². The second kappa shape index (κ2) is 5.71. The largest absolute Gasteiger partial charge is 0.460 e. The molecule has 2 nitrogen and oxygen atoms in total. The lowest BCUT2D eigenvalue weighted by Crippen LogP contribution is -2.51. The van der Waals surface area contributed by atoms with E-state index in [4.69, 9.17) is 0 Å². The van der Waals surface area contributed by atoms with Crippen LogP contribution in [0.15, 0.2) is 30.3 Å². The third kappa shape index (κ3) is 3.46. The number of hydrogen-bond acceptors (Lipinski definition) is 2. The Hall–Kier alpha value is -1.07. The molecular formula is C13H17F3N2. The van der Waals surface area contributed by atoms with E-state index in [0.717, 1.165) is 13.0 Å². The third-order valence-corrected chi connectivity index (χ3v) is 3.23. The molecule has 1 aliphatic rings. The number of alkyl halides is 3. The Balaban J connectivity index is 2.10. The molecule has 100 valence electrons. The Bertz CT molecular complexity index is 358. The molecule has 1 N–H and O–H groups in total. The van der Waals surface area contributed by atoms with Gasteiger partial charge in [-0.2, -0.15) is 13.2 Å². The van der Waals surface area contributed by atoms with Gasteiger partial charge < -0.3 is 5.32 Å². The fourth-order valence-electron chi connectivity index (χ4n) is 2.31. The Morgan fingerprint density at radius 1 is 1.22 bits per heavy atom. The molecule has 0 aromatic heterocycles. The average Bonchev–Trinajstić information content (AvgIpc) is 2.37. The first-order valence-electron chi connectivity index (χ1n) is 6.15. The van der Waals surface area contributed by atoms with E-state index >= 15 is 0 Å². The molecule has 1 atom stereocenters. The highest BCUT2D eigenvalue weighted by atomic mass is 19.4. The van der Waals surface area contributed by atoms with Crippen LogP contribution in [0.2, 0.25) is 0 Å². The second-order valence-corrected chi connectivity index (χ2v) is 4.58. The number of benzene rings is 1. The lowest BCUT2D eigenvalue weighted by molar-refractivity contribution is -0.263. The van der Waals surface area contributed by atoms with Crippen molar-refractivity contribution < 1.29 is 13.2 Å². The van der Waals surface area contributed by atoms with E-state index in [-0.39, 0.29) is 6.54 Å². The van der Waals surface area contributed by atoms with Crippen molar-refractivity contribution in [1.29, 1.82) is 0 Å². The molecular weight excluding hydrogens is 241 g/mol. The summed E-state index contributed by atoms with van der Waals surface area (Å²) in [4.78, 5) is 0.647. The molecule has 5 heteroatoms. The maximum atomic E-state index is 13.1. The van der Waals surface area contributed by atoms with Gasteiger partial charge in [0, 0.05) is 19.1 Å². The minimum Gasteiger partial charge on any atom is -0.315 e. The molecule has 0 radical (unpaired) electrons. The fraction of sp³-hybridized carbons (Fsp3) is 0.538. The van der Waals surface area contributed by atoms with Crippen LogP contribution >= 0.6 is 0 Å². The van der Waals surface area contributed by atoms with Crippen LogP contribution in [-0.4, -0.2) is 30.3 Å². The van der Waals surface area contributed by atoms with E-state index in [9.17, 15) is 13.2 Å². The molecule has 18 heavy (non-hydrogen) atoms. The molecule has 0 amide bonds. The minimum absolute atomic E-state index is 0.0727. The van der Waals surface area contributed by atoms with Gasteiger partial charge in [-0.15, -0.1) is 0 Å². The third-order valence-electron chi connectivity index (χ3n) is 3.23. The molecule has 0 saturated carbocycles. The summed E-state index contributed by atoms with van der Waals surface area (Å²) in [5, 5.41) is 3.03. The molecule has 0 spiro atoms. The van der Waals surface area contributed by atoms with Crippen molar-refractivity contribution in [3.8, 4) is 0 Å². The molecule has 1 aromatic carbocycles. The molecule has 2 rings (SSSR count). The topological polar surface area (TPSA) is 15.3 Å². The summed E-state index contributed by atoms with van der Waals surface area (Å²) < 4.78 is 39.3. The first-order chi connectivity index (χ1) is 8.57. The maximum Gasteiger partial charge on any atom is 0.460 e. The van der Waals surface area contributed by atoms with Crippen LogP contribution in [0.1, 0.15) is 18.4 Å². The van der Waals surface area contributed by atoms with Crippen LogP contribution in [0, 0.1) is 0 Å². The normalized spacial score (nSPS) is 21.2. The van der Waals surface area contributed by atoms with Gasteiger partial charge in [0.2, 0.25) is 0 Å². The minimum atomic E-state index is -4.28. The highest BCUT2D eigenvalue weighted by molar-refractivity contribution is 5.14. The van der Waals surface area contributed by atoms with Gasteiger partial charge in [-0.3, -0.25) is 0 Å². The summed E-state index contributed by atoms with van der Waals surface area (Å²) in [6.45, 7) is 1.15. The van der Waals surface area contributed by atoms with Crippen LogP contribution in [0.25, 0.3) is 0 Å². The van der Waals surface area contributed by atoms with Crippen LogP contribution in [0.5, 0.6) is 0 Å². The summed E-state index contributed by atoms with van der Waals surface area (Å²) in [7, 11) is 0. The number of rotatable bonds is 3. The zero-order valence-corrected chi connectivity index (χ0v) is 10.1. The second-order valence-electron chi connectivity index (χ2n) is 4.58. The van der Waals surface area contributed by atoms with Crippen LogP contribution in [0.3, 0.4) is 0 Å². The van der Waals surface area contributed by atoms with Gasteiger partial charge in [0.05, 0.1) is 0 Å². The smallest absolute Gasteiger partial charge is 0.315 e. The molecule has 1 fully saturated rings. The molecule has 1 saturated heterocycles. The lowest BCUT2D eigenvalue weighted by atomic mass is 10.1. The lowest BCUT2D eigenvalue weighted by Gasteiger charge is -2.35. The molecule has 1 aliphatic heterocycles. The predicted octanol–water partition coefficient (Wildman–Crippen LogP) is 2.76. The SMILES string of the molecule is FC(F)(F)N(Cc1ccccc1)C1CCCNC1. The Labute approximate surface area is 105 Å². The van der Waals surface area contributed by atoms with Crippen LogP contribution < -0.4 is 5.32 Å². The van der Waals surface area contributed by atoms with E-state index in [1.807, 2.05) is 6.07 Å². The number of nitrogens with one attached hydrogen (secondary N) is 1. The molecule has 1 unspecified atom stereocenters. The fourth-order valence-corrected chi connectivity index (χ4v) is 2.31. The molecule has 0 bridgehead atoms. The van der Waals surface area contributed by atoms with E-state index in [1.165, 1.54) is 0 Å². The Kier molecular flexibility index (Phi) is 4.24. The van der Waals surface area contributed by atoms with Gasteiger partial charge in [0.25, 0.3) is 0 Å². The van der Waals surface area contributed by atoms with E-state index in [0.29, 0.717) is 23.4 Å².